The summed E-state index contributed by atoms with van der Waals surface area (Å²) in [6.07, 6.45) is 8.32. The van der Waals surface area contributed by atoms with E-state index < -0.39 is 14.3 Å². The molecule has 0 aromatic rings. The molecule has 0 amide bonds. The first-order valence-corrected chi connectivity index (χ1v) is 11.4. The molecule has 1 N–H and O–H groups in total. The van der Waals surface area contributed by atoms with Gasteiger partial charge in [0.2, 0.25) is 8.32 Å². The van der Waals surface area contributed by atoms with E-state index in [-0.39, 0.29) is 12.5 Å². The van der Waals surface area contributed by atoms with Gasteiger partial charge < -0.3 is 9.53 Å². The molecule has 0 aliphatic heterocycles. The van der Waals surface area contributed by atoms with Crippen molar-refractivity contribution >= 4 is 14.3 Å². The fourth-order valence-electron chi connectivity index (χ4n) is 3.75. The van der Waals surface area contributed by atoms with E-state index in [4.69, 9.17) is 4.43 Å². The molecule has 0 bridgehead atoms. The molecule has 0 heterocycles. The summed E-state index contributed by atoms with van der Waals surface area (Å²) >= 11 is 0. The van der Waals surface area contributed by atoms with E-state index in [1.54, 1.807) is 0 Å². The van der Waals surface area contributed by atoms with Gasteiger partial charge in [0.15, 0.2) is 0 Å². The molecule has 3 nitrogen and oxygen atoms in total. The van der Waals surface area contributed by atoms with Crippen molar-refractivity contribution in [2.45, 2.75) is 103 Å². The molecule has 0 saturated carbocycles. The number of aliphatic carboxylic acids is 1. The van der Waals surface area contributed by atoms with Crippen molar-refractivity contribution in [1.82, 2.24) is 0 Å². The van der Waals surface area contributed by atoms with Gasteiger partial charge in [0, 0.05) is 0 Å². The van der Waals surface area contributed by atoms with E-state index in [2.05, 4.69) is 60.6 Å². The van der Waals surface area contributed by atoms with E-state index >= 15 is 0 Å². The second kappa shape index (κ2) is 11.0. The number of carboxylic acid groups (broad SMARTS) is 1. The maximum Gasteiger partial charge on any atom is 0.305 e. The first-order valence-electron chi connectivity index (χ1n) is 9.22. The van der Waals surface area contributed by atoms with Gasteiger partial charge in [-0.05, 0) is 29.5 Å². The van der Waals surface area contributed by atoms with E-state index in [0.29, 0.717) is 23.0 Å². The quantitative estimate of drug-likeness (QED) is 0.262. The van der Waals surface area contributed by atoms with Crippen LogP contribution >= 0.6 is 0 Å². The third-order valence-electron chi connectivity index (χ3n) is 4.77. The molecule has 0 aliphatic carbocycles. The third kappa shape index (κ3) is 7.21. The van der Waals surface area contributed by atoms with Crippen LogP contribution in [-0.2, 0) is 9.22 Å². The van der Waals surface area contributed by atoms with Crippen LogP contribution in [0, 0.1) is 0 Å². The van der Waals surface area contributed by atoms with Crippen LogP contribution in [0.5, 0.6) is 0 Å². The second-order valence-corrected chi connectivity index (χ2v) is 12.9. The number of hydrogen-bond acceptors (Lipinski definition) is 2. The van der Waals surface area contributed by atoms with Crippen LogP contribution in [0.3, 0.4) is 0 Å². The Morgan fingerprint density at radius 3 is 1.96 bits per heavy atom. The first kappa shape index (κ1) is 22.4. The monoisotopic (exact) mass is 342 g/mol. The molecular formula is C19H38O3Si. The fourth-order valence-corrected chi connectivity index (χ4v) is 9.33. The number of allylic oxidation sites excluding steroid dienone is 1. The Morgan fingerprint density at radius 2 is 1.57 bits per heavy atom. The summed E-state index contributed by atoms with van der Waals surface area (Å²) < 4.78 is 6.65. The first-order chi connectivity index (χ1) is 10.7. The summed E-state index contributed by atoms with van der Waals surface area (Å²) in [5.74, 6) is -0.767. The Labute approximate surface area is 144 Å². The lowest BCUT2D eigenvalue weighted by molar-refractivity contribution is -0.138. The highest BCUT2D eigenvalue weighted by molar-refractivity contribution is 6.77. The maximum absolute atomic E-state index is 11.3. The lowest BCUT2D eigenvalue weighted by Gasteiger charge is -2.44. The summed E-state index contributed by atoms with van der Waals surface area (Å²) in [6.45, 7) is 15.6. The molecule has 0 aliphatic rings. The Hall–Kier alpha value is -0.613. The normalized spacial score (nSPS) is 14.3. The van der Waals surface area contributed by atoms with Gasteiger partial charge in [-0.15, -0.1) is 0 Å². The van der Waals surface area contributed by atoms with Crippen LogP contribution in [0.15, 0.2) is 12.2 Å². The minimum Gasteiger partial charge on any atom is -0.481 e. The molecular weight excluding hydrogens is 304 g/mol. The van der Waals surface area contributed by atoms with Crippen LogP contribution in [-0.4, -0.2) is 25.5 Å². The number of carbonyl (C=O) groups is 1. The lowest BCUT2D eigenvalue weighted by atomic mass is 10.1. The molecule has 4 heteroatoms. The van der Waals surface area contributed by atoms with E-state index in [1.807, 2.05) is 0 Å². The van der Waals surface area contributed by atoms with Crippen molar-refractivity contribution in [3.8, 4) is 0 Å². The zero-order chi connectivity index (χ0) is 18.0. The van der Waals surface area contributed by atoms with Gasteiger partial charge in [-0.3, -0.25) is 4.79 Å². The number of rotatable bonds is 12. The second-order valence-electron chi connectivity index (χ2n) is 7.50. The van der Waals surface area contributed by atoms with Crippen molar-refractivity contribution in [2.24, 2.45) is 0 Å². The number of carboxylic acids is 1. The molecule has 0 aromatic heterocycles. The SMILES string of the molecule is CCCC/C=C\CC(CC(=O)O)O[Si](C(C)C)(C(C)C)C(C)C. The molecule has 0 radical (unpaired) electrons. The average Bonchev–Trinajstić information content (AvgIpc) is 2.42. The van der Waals surface area contributed by atoms with Gasteiger partial charge in [0.05, 0.1) is 12.5 Å². The van der Waals surface area contributed by atoms with Crippen molar-refractivity contribution in [1.29, 1.82) is 0 Å². The van der Waals surface area contributed by atoms with Gasteiger partial charge in [-0.1, -0.05) is 73.5 Å². The van der Waals surface area contributed by atoms with Crippen molar-refractivity contribution < 1.29 is 14.3 Å². The number of hydrogen-bond donors (Lipinski definition) is 1. The van der Waals surface area contributed by atoms with Crippen LogP contribution in [0.2, 0.25) is 16.6 Å². The minimum absolute atomic E-state index is 0.0963. The van der Waals surface area contributed by atoms with Crippen molar-refractivity contribution in [3.63, 3.8) is 0 Å². The standard InChI is InChI=1S/C19H38O3Si/c1-8-9-10-11-12-13-18(14-19(20)21)22-23(15(2)3,16(4)5)17(6)7/h11-12,15-18H,8-10,13-14H2,1-7H3,(H,20,21)/b12-11-. The Bertz CT molecular complexity index is 340. The van der Waals surface area contributed by atoms with Crippen LogP contribution in [0.25, 0.3) is 0 Å². The van der Waals surface area contributed by atoms with E-state index in [9.17, 15) is 9.90 Å². The summed E-state index contributed by atoms with van der Waals surface area (Å²) in [5.41, 5.74) is 1.42. The van der Waals surface area contributed by atoms with Gasteiger partial charge in [0.25, 0.3) is 0 Å². The van der Waals surface area contributed by atoms with Crippen LogP contribution in [0.4, 0.5) is 0 Å². The molecule has 0 aromatic carbocycles. The van der Waals surface area contributed by atoms with Crippen molar-refractivity contribution in [3.05, 3.63) is 12.2 Å². The van der Waals surface area contributed by atoms with Crippen molar-refractivity contribution in [2.75, 3.05) is 0 Å². The zero-order valence-electron chi connectivity index (χ0n) is 16.3. The van der Waals surface area contributed by atoms with E-state index in [1.165, 1.54) is 12.8 Å². The third-order valence-corrected chi connectivity index (χ3v) is 10.9. The van der Waals surface area contributed by atoms with E-state index in [0.717, 1.165) is 6.42 Å². The zero-order valence-corrected chi connectivity index (χ0v) is 17.3. The summed E-state index contributed by atoms with van der Waals surface area (Å²) in [5, 5.41) is 9.25. The average molecular weight is 343 g/mol. The van der Waals surface area contributed by atoms with Crippen LogP contribution < -0.4 is 0 Å². The molecule has 23 heavy (non-hydrogen) atoms. The summed E-state index contributed by atoms with van der Waals surface area (Å²) in [4.78, 5) is 11.3. The largest absolute Gasteiger partial charge is 0.481 e. The molecule has 1 unspecified atom stereocenters. The Kier molecular flexibility index (Phi) is 10.7. The molecule has 136 valence electrons. The maximum atomic E-state index is 11.3. The highest BCUT2D eigenvalue weighted by Gasteiger charge is 2.46. The smallest absolute Gasteiger partial charge is 0.305 e. The fraction of sp³-hybridized carbons (Fsp3) is 0.842. The molecule has 0 rings (SSSR count). The highest BCUT2D eigenvalue weighted by Crippen LogP contribution is 2.43. The predicted octanol–water partition coefficient (Wildman–Crippen LogP) is 6.16. The van der Waals surface area contributed by atoms with Gasteiger partial charge in [-0.2, -0.15) is 0 Å². The predicted molar refractivity (Wildman–Crippen MR) is 101 cm³/mol. The van der Waals surface area contributed by atoms with Gasteiger partial charge >= 0.3 is 5.97 Å². The minimum atomic E-state index is -2.03. The van der Waals surface area contributed by atoms with Gasteiger partial charge in [0.1, 0.15) is 0 Å². The molecule has 1 atom stereocenters. The van der Waals surface area contributed by atoms with Gasteiger partial charge in [-0.25, -0.2) is 0 Å². The molecule has 0 spiro atoms. The molecule has 0 fully saturated rings. The lowest BCUT2D eigenvalue weighted by Crippen LogP contribution is -2.50. The Morgan fingerprint density at radius 1 is 1.04 bits per heavy atom. The summed E-state index contributed by atoms with van der Waals surface area (Å²) in [7, 11) is -2.03. The number of unbranched alkanes of at least 4 members (excludes halogenated alkanes) is 2. The Balaban J connectivity index is 5.14. The topological polar surface area (TPSA) is 46.5 Å². The highest BCUT2D eigenvalue weighted by atomic mass is 28.4. The molecule has 0 saturated heterocycles. The van der Waals surface area contributed by atoms with Crippen LogP contribution in [0.1, 0.15) is 80.6 Å². The summed E-state index contributed by atoms with van der Waals surface area (Å²) in [6, 6.07) is 0.